The number of hydrogen-bond acceptors (Lipinski definition) is 3. The lowest BCUT2D eigenvalue weighted by atomic mass is 10.3. The predicted octanol–water partition coefficient (Wildman–Crippen LogP) is 0.879. The van der Waals surface area contributed by atoms with Crippen LogP contribution < -0.4 is 0 Å². The van der Waals surface area contributed by atoms with E-state index in [0.717, 1.165) is 12.8 Å². The van der Waals surface area contributed by atoms with E-state index < -0.39 is 5.97 Å². The second-order valence-corrected chi connectivity index (χ2v) is 3.91. The van der Waals surface area contributed by atoms with Crippen molar-refractivity contribution in [1.29, 1.82) is 0 Å². The van der Waals surface area contributed by atoms with Crippen molar-refractivity contribution >= 4 is 11.9 Å². The molecule has 0 aromatic carbocycles. The quantitative estimate of drug-likeness (QED) is 0.627. The summed E-state index contributed by atoms with van der Waals surface area (Å²) in [6, 6.07) is 0.272. The maximum absolute atomic E-state index is 11.8. The molecule has 16 heavy (non-hydrogen) atoms. The molecule has 1 N–H and O–H groups in total. The molecule has 0 bridgehead atoms. The summed E-state index contributed by atoms with van der Waals surface area (Å²) in [5, 5.41) is 8.60. The fraction of sp³-hybridized carbons (Fsp3) is 0.818. The minimum atomic E-state index is -0.858. The summed E-state index contributed by atoms with van der Waals surface area (Å²) in [5.74, 6) is -0.847. The van der Waals surface area contributed by atoms with Crippen molar-refractivity contribution in [2.24, 2.45) is 0 Å². The third kappa shape index (κ3) is 4.61. The Morgan fingerprint density at radius 2 is 2.06 bits per heavy atom. The zero-order valence-corrected chi connectivity index (χ0v) is 9.65. The molecule has 0 saturated heterocycles. The van der Waals surface area contributed by atoms with Crippen molar-refractivity contribution < 1.29 is 19.4 Å². The van der Waals surface area contributed by atoms with Gasteiger partial charge in [0.15, 0.2) is 0 Å². The molecular formula is C11H19NO4. The van der Waals surface area contributed by atoms with E-state index >= 15 is 0 Å². The Hall–Kier alpha value is -1.10. The number of ether oxygens (including phenoxy) is 1. The predicted molar refractivity (Wildman–Crippen MR) is 58.1 cm³/mol. The van der Waals surface area contributed by atoms with E-state index in [0.29, 0.717) is 26.2 Å². The number of rotatable bonds is 8. The number of nitrogens with zero attached hydrogens (tertiary/aromatic N) is 1. The van der Waals surface area contributed by atoms with E-state index in [-0.39, 0.29) is 18.4 Å². The zero-order valence-electron chi connectivity index (χ0n) is 9.65. The smallest absolute Gasteiger partial charge is 0.305 e. The van der Waals surface area contributed by atoms with Crippen molar-refractivity contribution in [3.8, 4) is 0 Å². The minimum absolute atomic E-state index is 0.0113. The van der Waals surface area contributed by atoms with Crippen molar-refractivity contribution in [1.82, 2.24) is 4.90 Å². The summed E-state index contributed by atoms with van der Waals surface area (Å²) in [6.07, 6.45) is 2.38. The fourth-order valence-corrected chi connectivity index (χ4v) is 1.56. The first kappa shape index (κ1) is 13.0. The van der Waals surface area contributed by atoms with E-state index in [9.17, 15) is 9.59 Å². The average Bonchev–Trinajstić information content (AvgIpc) is 3.02. The van der Waals surface area contributed by atoms with Gasteiger partial charge in [-0.3, -0.25) is 9.59 Å². The number of carbonyl (C=O) groups is 2. The van der Waals surface area contributed by atoms with Crippen molar-refractivity contribution in [3.05, 3.63) is 0 Å². The number of carboxylic acid groups (broad SMARTS) is 1. The van der Waals surface area contributed by atoms with Crippen LogP contribution >= 0.6 is 0 Å². The minimum Gasteiger partial charge on any atom is -0.481 e. The Kier molecular flexibility index (Phi) is 5.25. The molecular weight excluding hydrogens is 210 g/mol. The molecule has 0 spiro atoms. The van der Waals surface area contributed by atoms with Crippen molar-refractivity contribution in [3.63, 3.8) is 0 Å². The normalized spacial score (nSPS) is 14.8. The van der Waals surface area contributed by atoms with Crippen LogP contribution in [0.1, 0.15) is 32.6 Å². The highest BCUT2D eigenvalue weighted by Gasteiger charge is 2.32. The molecule has 0 atom stereocenters. The molecule has 0 aromatic heterocycles. The molecule has 1 aliphatic rings. The van der Waals surface area contributed by atoms with Gasteiger partial charge in [-0.2, -0.15) is 0 Å². The fourth-order valence-electron chi connectivity index (χ4n) is 1.56. The van der Waals surface area contributed by atoms with E-state index in [1.54, 1.807) is 4.90 Å². The maximum Gasteiger partial charge on any atom is 0.305 e. The number of hydrogen-bond donors (Lipinski definition) is 1. The Morgan fingerprint density at radius 3 is 2.56 bits per heavy atom. The van der Waals surface area contributed by atoms with Crippen LogP contribution in [0.5, 0.6) is 0 Å². The lowest BCUT2D eigenvalue weighted by molar-refractivity contribution is -0.139. The average molecular weight is 229 g/mol. The standard InChI is InChI=1S/C11H19NO4/c1-2-16-8-6-10(13)12(9-3-4-9)7-5-11(14)15/h9H,2-8H2,1H3,(H,14,15). The first-order valence-corrected chi connectivity index (χ1v) is 5.74. The third-order valence-electron chi connectivity index (χ3n) is 2.54. The van der Waals surface area contributed by atoms with Crippen molar-refractivity contribution in [2.75, 3.05) is 19.8 Å². The molecule has 1 amide bonds. The number of amides is 1. The van der Waals surface area contributed by atoms with Crippen LogP contribution in [0.4, 0.5) is 0 Å². The number of carboxylic acids is 1. The molecule has 1 aliphatic carbocycles. The Bertz CT molecular complexity index is 250. The molecule has 0 radical (unpaired) electrons. The zero-order chi connectivity index (χ0) is 12.0. The van der Waals surface area contributed by atoms with Gasteiger partial charge in [0.1, 0.15) is 0 Å². The summed E-state index contributed by atoms with van der Waals surface area (Å²) < 4.78 is 5.12. The molecule has 5 nitrogen and oxygen atoms in total. The van der Waals surface area contributed by atoms with Gasteiger partial charge in [-0.25, -0.2) is 0 Å². The number of aliphatic carboxylic acids is 1. The molecule has 0 unspecified atom stereocenters. The van der Waals surface area contributed by atoms with Crippen LogP contribution in [0.15, 0.2) is 0 Å². The maximum atomic E-state index is 11.8. The summed E-state index contributed by atoms with van der Waals surface area (Å²) in [6.45, 7) is 3.23. The molecule has 0 aliphatic heterocycles. The molecule has 0 heterocycles. The van der Waals surface area contributed by atoms with E-state index in [1.165, 1.54) is 0 Å². The van der Waals surface area contributed by atoms with Gasteiger partial charge in [0.2, 0.25) is 5.91 Å². The van der Waals surface area contributed by atoms with Crippen molar-refractivity contribution in [2.45, 2.75) is 38.6 Å². The number of carbonyl (C=O) groups excluding carboxylic acids is 1. The summed E-state index contributed by atoms with van der Waals surface area (Å²) in [4.78, 5) is 23.9. The Balaban J connectivity index is 2.30. The molecule has 0 aromatic rings. The molecule has 1 rings (SSSR count). The summed E-state index contributed by atoms with van der Waals surface area (Å²) >= 11 is 0. The summed E-state index contributed by atoms with van der Waals surface area (Å²) in [5.41, 5.74) is 0. The first-order valence-electron chi connectivity index (χ1n) is 5.74. The van der Waals surface area contributed by atoms with Gasteiger partial charge in [-0.1, -0.05) is 0 Å². The van der Waals surface area contributed by atoms with Gasteiger partial charge in [0.25, 0.3) is 0 Å². The Morgan fingerprint density at radius 1 is 1.38 bits per heavy atom. The Labute approximate surface area is 95.4 Å². The van der Waals surface area contributed by atoms with Gasteiger partial charge < -0.3 is 14.7 Å². The van der Waals surface area contributed by atoms with Gasteiger partial charge in [0.05, 0.1) is 19.4 Å². The highest BCUT2D eigenvalue weighted by atomic mass is 16.5. The first-order chi connectivity index (χ1) is 7.65. The van der Waals surface area contributed by atoms with E-state index in [4.69, 9.17) is 9.84 Å². The lowest BCUT2D eigenvalue weighted by Crippen LogP contribution is -2.35. The van der Waals surface area contributed by atoms with E-state index in [2.05, 4.69) is 0 Å². The summed E-state index contributed by atoms with van der Waals surface area (Å²) in [7, 11) is 0. The van der Waals surface area contributed by atoms with Gasteiger partial charge >= 0.3 is 5.97 Å². The molecule has 5 heteroatoms. The highest BCUT2D eigenvalue weighted by molar-refractivity contribution is 5.77. The molecule has 92 valence electrons. The van der Waals surface area contributed by atoms with Gasteiger partial charge in [0, 0.05) is 19.2 Å². The molecule has 1 saturated carbocycles. The third-order valence-corrected chi connectivity index (χ3v) is 2.54. The van der Waals surface area contributed by atoms with Crippen LogP contribution in [0.3, 0.4) is 0 Å². The van der Waals surface area contributed by atoms with E-state index in [1.807, 2.05) is 6.92 Å². The second-order valence-electron chi connectivity index (χ2n) is 3.91. The topological polar surface area (TPSA) is 66.8 Å². The van der Waals surface area contributed by atoms with Crippen LogP contribution in [-0.4, -0.2) is 47.7 Å². The van der Waals surface area contributed by atoms with Crippen LogP contribution in [0.2, 0.25) is 0 Å². The highest BCUT2D eigenvalue weighted by Crippen LogP contribution is 2.27. The second kappa shape index (κ2) is 6.48. The SMILES string of the molecule is CCOCCC(=O)N(CCC(=O)O)C1CC1. The monoisotopic (exact) mass is 229 g/mol. The lowest BCUT2D eigenvalue weighted by Gasteiger charge is -2.21. The van der Waals surface area contributed by atoms with Crippen LogP contribution in [-0.2, 0) is 14.3 Å². The molecule has 1 fully saturated rings. The van der Waals surface area contributed by atoms with Crippen LogP contribution in [0, 0.1) is 0 Å². The van der Waals surface area contributed by atoms with Gasteiger partial charge in [-0.05, 0) is 19.8 Å². The van der Waals surface area contributed by atoms with Gasteiger partial charge in [-0.15, -0.1) is 0 Å². The van der Waals surface area contributed by atoms with Crippen LogP contribution in [0.25, 0.3) is 0 Å². The largest absolute Gasteiger partial charge is 0.481 e.